The van der Waals surface area contributed by atoms with Crippen LogP contribution in [0.15, 0.2) is 0 Å². The molecule has 0 aromatic rings. The van der Waals surface area contributed by atoms with Gasteiger partial charge in [-0.15, -0.1) is 0 Å². The number of carbonyl (C=O) groups is 1. The second-order valence-corrected chi connectivity index (χ2v) is 7.34. The fraction of sp³-hybridized carbons (Fsp3) is 0.824. The van der Waals surface area contributed by atoms with Crippen molar-refractivity contribution in [2.24, 2.45) is 5.41 Å². The van der Waals surface area contributed by atoms with Crippen LogP contribution in [0.1, 0.15) is 27.2 Å². The Labute approximate surface area is 145 Å². The Morgan fingerprint density at radius 3 is 2.08 bits per heavy atom. The smallest absolute Gasteiger partial charge is 0.225 e. The van der Waals surface area contributed by atoms with Gasteiger partial charge in [-0.2, -0.15) is 10.5 Å². The lowest BCUT2D eigenvalue weighted by Gasteiger charge is -2.38. The summed E-state index contributed by atoms with van der Waals surface area (Å²) in [5.74, 6) is -0.149. The van der Waals surface area contributed by atoms with Gasteiger partial charge in [0.05, 0.1) is 18.2 Å². The Hall–Kier alpha value is -1.67. The molecule has 24 heavy (non-hydrogen) atoms. The van der Waals surface area contributed by atoms with E-state index in [1.54, 1.807) is 0 Å². The molecule has 0 aliphatic carbocycles. The Balaban J connectivity index is 2.32. The number of hydrogen-bond donors (Lipinski definition) is 1. The molecule has 0 radical (unpaired) electrons. The fourth-order valence-electron chi connectivity index (χ4n) is 2.53. The first-order valence-electron chi connectivity index (χ1n) is 8.42. The van der Waals surface area contributed by atoms with Gasteiger partial charge in [0.2, 0.25) is 5.91 Å². The molecule has 0 aromatic carbocycles. The van der Waals surface area contributed by atoms with Crippen molar-refractivity contribution < 1.29 is 9.90 Å². The number of β-amino-alcohol motifs (C(OH)–C–C–N with tert-alkyl or cyclic N) is 1. The van der Waals surface area contributed by atoms with Crippen LogP contribution in [-0.2, 0) is 4.79 Å². The van der Waals surface area contributed by atoms with E-state index in [9.17, 15) is 9.90 Å². The second kappa shape index (κ2) is 9.58. The largest absolute Gasteiger partial charge is 0.391 e. The Morgan fingerprint density at radius 1 is 1.12 bits per heavy atom. The maximum absolute atomic E-state index is 12.0. The number of aliphatic hydroxyl groups is 1. The van der Waals surface area contributed by atoms with E-state index in [-0.39, 0.29) is 30.5 Å². The molecule has 1 fully saturated rings. The zero-order chi connectivity index (χ0) is 18.2. The third-order valence-corrected chi connectivity index (χ3v) is 4.41. The molecule has 1 saturated heterocycles. The van der Waals surface area contributed by atoms with Gasteiger partial charge in [0, 0.05) is 45.7 Å². The van der Waals surface area contributed by atoms with E-state index in [0.717, 1.165) is 26.2 Å². The molecule has 1 amide bonds. The highest BCUT2D eigenvalue weighted by atomic mass is 16.3. The minimum atomic E-state index is -0.351. The molecule has 0 spiro atoms. The number of aliphatic hydroxyl groups excluding tert-OH is 1. The molecule has 1 heterocycles. The van der Waals surface area contributed by atoms with Crippen molar-refractivity contribution in [2.75, 3.05) is 52.4 Å². The predicted octanol–water partition coefficient (Wildman–Crippen LogP) is 0.277. The van der Waals surface area contributed by atoms with Gasteiger partial charge in [-0.3, -0.25) is 9.69 Å². The average molecular weight is 335 g/mol. The van der Waals surface area contributed by atoms with Gasteiger partial charge in [0.1, 0.15) is 13.1 Å². The molecule has 134 valence electrons. The SMILES string of the molecule is CC(C)(C)C(O)CN1CCN(CCC(=O)N(CC#N)CC#N)CC1. The lowest BCUT2D eigenvalue weighted by atomic mass is 9.89. The summed E-state index contributed by atoms with van der Waals surface area (Å²) in [7, 11) is 0. The third-order valence-electron chi connectivity index (χ3n) is 4.41. The molecular weight excluding hydrogens is 306 g/mol. The van der Waals surface area contributed by atoms with Crippen LogP contribution in [0.2, 0.25) is 0 Å². The summed E-state index contributed by atoms with van der Waals surface area (Å²) in [6, 6.07) is 3.84. The number of hydrogen-bond acceptors (Lipinski definition) is 6. The number of nitrogens with zero attached hydrogens (tertiary/aromatic N) is 5. The first-order valence-corrected chi connectivity index (χ1v) is 8.42. The van der Waals surface area contributed by atoms with Gasteiger partial charge < -0.3 is 14.9 Å². The van der Waals surface area contributed by atoms with Gasteiger partial charge >= 0.3 is 0 Å². The molecule has 1 aliphatic rings. The topological polar surface area (TPSA) is 94.6 Å². The maximum Gasteiger partial charge on any atom is 0.225 e. The van der Waals surface area contributed by atoms with Crippen molar-refractivity contribution in [2.45, 2.75) is 33.3 Å². The van der Waals surface area contributed by atoms with E-state index in [4.69, 9.17) is 10.5 Å². The van der Waals surface area contributed by atoms with E-state index < -0.39 is 0 Å². The van der Waals surface area contributed by atoms with Crippen LogP contribution < -0.4 is 0 Å². The lowest BCUT2D eigenvalue weighted by molar-refractivity contribution is -0.130. The minimum Gasteiger partial charge on any atom is -0.391 e. The quantitative estimate of drug-likeness (QED) is 0.672. The Kier molecular flexibility index (Phi) is 8.14. The molecule has 0 aromatic heterocycles. The number of carbonyl (C=O) groups excluding carboxylic acids is 1. The summed E-state index contributed by atoms with van der Waals surface area (Å²) < 4.78 is 0. The first kappa shape index (κ1) is 20.4. The van der Waals surface area contributed by atoms with Crippen molar-refractivity contribution in [1.29, 1.82) is 10.5 Å². The maximum atomic E-state index is 12.0. The molecule has 1 N–H and O–H groups in total. The Morgan fingerprint density at radius 2 is 1.62 bits per heavy atom. The number of amides is 1. The summed E-state index contributed by atoms with van der Waals surface area (Å²) >= 11 is 0. The van der Waals surface area contributed by atoms with E-state index in [1.807, 2.05) is 32.9 Å². The first-order chi connectivity index (χ1) is 11.3. The zero-order valence-electron chi connectivity index (χ0n) is 15.0. The fourth-order valence-corrected chi connectivity index (χ4v) is 2.53. The zero-order valence-corrected chi connectivity index (χ0v) is 15.0. The molecule has 1 atom stereocenters. The number of piperazine rings is 1. The summed E-state index contributed by atoms with van der Waals surface area (Å²) in [6.07, 6.45) is -0.0234. The standard InChI is InChI=1S/C17H29N5O2/c1-17(2,3)15(23)14-21-12-10-20(11-13-21)7-4-16(24)22(8-5-18)9-6-19/h15,23H,4,7-14H2,1-3H3. The third kappa shape index (κ3) is 6.84. The predicted molar refractivity (Wildman–Crippen MR) is 90.8 cm³/mol. The summed E-state index contributed by atoms with van der Waals surface area (Å²) in [4.78, 5) is 17.8. The number of rotatable bonds is 7. The van der Waals surface area contributed by atoms with Crippen LogP contribution in [0.4, 0.5) is 0 Å². The van der Waals surface area contributed by atoms with E-state index >= 15 is 0 Å². The average Bonchev–Trinajstić information content (AvgIpc) is 2.52. The van der Waals surface area contributed by atoms with Gasteiger partial charge in [-0.05, 0) is 5.41 Å². The highest BCUT2D eigenvalue weighted by Crippen LogP contribution is 2.20. The highest BCUT2D eigenvalue weighted by molar-refractivity contribution is 5.76. The van der Waals surface area contributed by atoms with Crippen molar-refractivity contribution >= 4 is 5.91 Å². The van der Waals surface area contributed by atoms with Crippen LogP contribution in [0.3, 0.4) is 0 Å². The van der Waals surface area contributed by atoms with Crippen molar-refractivity contribution in [3.63, 3.8) is 0 Å². The van der Waals surface area contributed by atoms with Crippen LogP contribution in [0, 0.1) is 28.1 Å². The molecular formula is C17H29N5O2. The van der Waals surface area contributed by atoms with E-state index in [2.05, 4.69) is 9.80 Å². The Bertz CT molecular complexity index is 465. The van der Waals surface area contributed by atoms with Crippen LogP contribution >= 0.6 is 0 Å². The van der Waals surface area contributed by atoms with Crippen LogP contribution in [-0.4, -0.2) is 84.2 Å². The molecule has 7 heteroatoms. The van der Waals surface area contributed by atoms with Crippen molar-refractivity contribution in [3.05, 3.63) is 0 Å². The van der Waals surface area contributed by atoms with E-state index in [1.165, 1.54) is 4.90 Å². The summed E-state index contributed by atoms with van der Waals surface area (Å²) in [5, 5.41) is 27.6. The van der Waals surface area contributed by atoms with E-state index in [0.29, 0.717) is 19.5 Å². The highest BCUT2D eigenvalue weighted by Gasteiger charge is 2.26. The molecule has 1 unspecified atom stereocenters. The van der Waals surface area contributed by atoms with Crippen LogP contribution in [0.5, 0.6) is 0 Å². The molecule has 7 nitrogen and oxygen atoms in total. The monoisotopic (exact) mass is 335 g/mol. The number of nitriles is 2. The normalized spacial score (nSPS) is 17.8. The van der Waals surface area contributed by atoms with Gasteiger partial charge in [-0.25, -0.2) is 0 Å². The lowest BCUT2D eigenvalue weighted by Crippen LogP contribution is -2.50. The van der Waals surface area contributed by atoms with Gasteiger partial charge in [0.15, 0.2) is 0 Å². The second-order valence-electron chi connectivity index (χ2n) is 7.34. The van der Waals surface area contributed by atoms with Crippen molar-refractivity contribution in [3.8, 4) is 12.1 Å². The molecule has 1 aliphatic heterocycles. The van der Waals surface area contributed by atoms with Crippen LogP contribution in [0.25, 0.3) is 0 Å². The minimum absolute atomic E-state index is 0.0368. The van der Waals surface area contributed by atoms with Gasteiger partial charge in [-0.1, -0.05) is 20.8 Å². The summed E-state index contributed by atoms with van der Waals surface area (Å²) in [5.41, 5.74) is -0.117. The molecule has 0 saturated carbocycles. The molecule has 0 bridgehead atoms. The summed E-state index contributed by atoms with van der Waals surface area (Å²) in [6.45, 7) is 10.8. The van der Waals surface area contributed by atoms with Crippen molar-refractivity contribution in [1.82, 2.24) is 14.7 Å². The molecule has 1 rings (SSSR count). The van der Waals surface area contributed by atoms with Gasteiger partial charge in [0.25, 0.3) is 0 Å².